The molecule has 0 bridgehead atoms. The van der Waals surface area contributed by atoms with Gasteiger partial charge in [-0.15, -0.1) is 0 Å². The molecule has 0 radical (unpaired) electrons. The van der Waals surface area contributed by atoms with Crippen molar-refractivity contribution in [3.8, 4) is 0 Å². The lowest BCUT2D eigenvalue weighted by molar-refractivity contribution is 0.315. The summed E-state index contributed by atoms with van der Waals surface area (Å²) in [5.41, 5.74) is 3.68. The van der Waals surface area contributed by atoms with Crippen LogP contribution in [0.2, 0.25) is 0 Å². The Bertz CT molecular complexity index is 580. The van der Waals surface area contributed by atoms with Gasteiger partial charge in [0.15, 0.2) is 0 Å². The first-order chi connectivity index (χ1) is 12.1. The van der Waals surface area contributed by atoms with E-state index >= 15 is 0 Å². The normalized spacial score (nSPS) is 13.6. The average Bonchev–Trinajstić information content (AvgIpc) is 2.64. The second kappa shape index (κ2) is 10.3. The lowest BCUT2D eigenvalue weighted by Crippen LogP contribution is -1.97. The maximum absolute atomic E-state index is 14.3. The van der Waals surface area contributed by atoms with Crippen LogP contribution < -0.4 is 0 Å². The van der Waals surface area contributed by atoms with Crippen LogP contribution in [0.5, 0.6) is 0 Å². The van der Waals surface area contributed by atoms with Gasteiger partial charge in [-0.1, -0.05) is 88.1 Å². The summed E-state index contributed by atoms with van der Waals surface area (Å²) in [7, 11) is 0. The number of hydrogen-bond acceptors (Lipinski definition) is 0. The van der Waals surface area contributed by atoms with Gasteiger partial charge in [0, 0.05) is 0 Å². The molecule has 25 heavy (non-hydrogen) atoms. The Morgan fingerprint density at radius 3 is 1.56 bits per heavy atom. The quantitative estimate of drug-likeness (QED) is 0.414. The summed E-state index contributed by atoms with van der Waals surface area (Å²) in [6.07, 6.45) is 3.91. The fourth-order valence-electron chi connectivity index (χ4n) is 3.13. The molecule has 136 valence electrons. The van der Waals surface area contributed by atoms with Crippen molar-refractivity contribution >= 4 is 0 Å². The second-order valence-corrected chi connectivity index (χ2v) is 6.89. The van der Waals surface area contributed by atoms with Crippen molar-refractivity contribution < 1.29 is 8.78 Å². The van der Waals surface area contributed by atoms with Crippen molar-refractivity contribution in [1.29, 1.82) is 0 Å². The largest absolute Gasteiger partial charge is 0.242 e. The topological polar surface area (TPSA) is 0 Å². The van der Waals surface area contributed by atoms with Gasteiger partial charge in [0.1, 0.15) is 12.3 Å². The molecule has 0 saturated heterocycles. The smallest absolute Gasteiger partial charge is 0.125 e. The molecule has 0 N–H and O–H groups in total. The van der Waals surface area contributed by atoms with Crippen molar-refractivity contribution in [3.63, 3.8) is 0 Å². The fourth-order valence-corrected chi connectivity index (χ4v) is 3.13. The van der Waals surface area contributed by atoms with E-state index in [-0.39, 0.29) is 0 Å². The van der Waals surface area contributed by atoms with E-state index in [0.717, 1.165) is 47.9 Å². The zero-order valence-corrected chi connectivity index (χ0v) is 15.5. The number of halogens is 2. The molecule has 2 rings (SSSR count). The van der Waals surface area contributed by atoms with E-state index in [9.17, 15) is 8.78 Å². The average molecular weight is 344 g/mol. The zero-order valence-electron chi connectivity index (χ0n) is 15.5. The van der Waals surface area contributed by atoms with Gasteiger partial charge in [0.05, 0.1) is 0 Å². The van der Waals surface area contributed by atoms with Gasteiger partial charge >= 0.3 is 0 Å². The molecule has 0 amide bonds. The van der Waals surface area contributed by atoms with E-state index in [1.807, 2.05) is 48.5 Å². The first-order valence-corrected chi connectivity index (χ1v) is 9.59. The highest BCUT2D eigenvalue weighted by Gasteiger charge is 2.11. The van der Waals surface area contributed by atoms with Crippen LogP contribution in [-0.4, -0.2) is 0 Å². The summed E-state index contributed by atoms with van der Waals surface area (Å²) in [4.78, 5) is 0. The van der Waals surface area contributed by atoms with Crippen LogP contribution in [-0.2, 0) is 6.42 Å². The molecule has 0 aliphatic heterocycles. The highest BCUT2D eigenvalue weighted by Crippen LogP contribution is 2.27. The number of alkyl halides is 2. The number of benzene rings is 2. The molecule has 0 heterocycles. The van der Waals surface area contributed by atoms with E-state index in [0.29, 0.717) is 19.3 Å². The molecule has 2 aromatic carbocycles. The minimum atomic E-state index is -0.893. The van der Waals surface area contributed by atoms with Gasteiger partial charge in [0.2, 0.25) is 0 Å². The third-order valence-electron chi connectivity index (χ3n) is 4.66. The Morgan fingerprint density at radius 2 is 1.16 bits per heavy atom. The first-order valence-electron chi connectivity index (χ1n) is 9.59. The summed E-state index contributed by atoms with van der Waals surface area (Å²) in [5, 5.41) is 0. The molecule has 0 saturated carbocycles. The Balaban J connectivity index is 2.06. The van der Waals surface area contributed by atoms with Crippen LogP contribution in [0.3, 0.4) is 0 Å². The van der Waals surface area contributed by atoms with Crippen LogP contribution in [0.1, 0.15) is 87.0 Å². The first kappa shape index (κ1) is 19.6. The molecule has 0 aliphatic rings. The highest BCUT2D eigenvalue weighted by atomic mass is 19.1. The lowest BCUT2D eigenvalue weighted by atomic mass is 9.97. The van der Waals surface area contributed by atoms with E-state index in [4.69, 9.17) is 0 Å². The molecule has 2 aromatic rings. The molecule has 0 aliphatic carbocycles. The second-order valence-electron chi connectivity index (χ2n) is 6.89. The molecular formula is C23H30F2. The molecule has 2 atom stereocenters. The van der Waals surface area contributed by atoms with E-state index < -0.39 is 12.3 Å². The van der Waals surface area contributed by atoms with Crippen molar-refractivity contribution in [2.24, 2.45) is 0 Å². The van der Waals surface area contributed by atoms with E-state index in [1.165, 1.54) is 0 Å². The van der Waals surface area contributed by atoms with Gasteiger partial charge in [0.25, 0.3) is 0 Å². The van der Waals surface area contributed by atoms with Crippen LogP contribution in [0, 0.1) is 0 Å². The third-order valence-corrected chi connectivity index (χ3v) is 4.66. The van der Waals surface area contributed by atoms with Crippen molar-refractivity contribution in [3.05, 3.63) is 70.8 Å². The number of rotatable bonds is 10. The highest BCUT2D eigenvalue weighted by molar-refractivity contribution is 5.33. The number of hydrogen-bond donors (Lipinski definition) is 0. The molecule has 2 heteroatoms. The summed E-state index contributed by atoms with van der Waals surface area (Å²) >= 11 is 0. The van der Waals surface area contributed by atoms with Crippen LogP contribution in [0.25, 0.3) is 0 Å². The zero-order chi connectivity index (χ0) is 18.1. The van der Waals surface area contributed by atoms with Crippen LogP contribution >= 0.6 is 0 Å². The predicted octanol–water partition coefficient (Wildman–Crippen LogP) is 7.68. The maximum Gasteiger partial charge on any atom is 0.125 e. The Kier molecular flexibility index (Phi) is 8.11. The van der Waals surface area contributed by atoms with E-state index in [2.05, 4.69) is 13.8 Å². The Morgan fingerprint density at radius 1 is 0.720 bits per heavy atom. The van der Waals surface area contributed by atoms with Gasteiger partial charge in [-0.3, -0.25) is 0 Å². The summed E-state index contributed by atoms with van der Waals surface area (Å²) < 4.78 is 28.6. The molecule has 0 fully saturated rings. The van der Waals surface area contributed by atoms with Gasteiger partial charge < -0.3 is 0 Å². The van der Waals surface area contributed by atoms with Crippen LogP contribution in [0.4, 0.5) is 8.78 Å². The molecule has 0 spiro atoms. The summed E-state index contributed by atoms with van der Waals surface area (Å²) in [6.45, 7) is 4.16. The Hall–Kier alpha value is -1.70. The minimum absolute atomic E-state index is 0.580. The SMILES string of the molecule is CCCCC(F)c1cccc(Cc2cccc(C(F)CCCC)c2)c1. The molecule has 0 nitrogen and oxygen atoms in total. The monoisotopic (exact) mass is 344 g/mol. The molecule has 0 aromatic heterocycles. The molecular weight excluding hydrogens is 314 g/mol. The third kappa shape index (κ3) is 6.26. The van der Waals surface area contributed by atoms with Gasteiger partial charge in [-0.25, -0.2) is 8.78 Å². The molecule has 2 unspecified atom stereocenters. The maximum atomic E-state index is 14.3. The minimum Gasteiger partial charge on any atom is -0.242 e. The summed E-state index contributed by atoms with van der Waals surface area (Å²) in [5.74, 6) is 0. The summed E-state index contributed by atoms with van der Waals surface area (Å²) in [6, 6.07) is 15.5. The van der Waals surface area contributed by atoms with Crippen LogP contribution in [0.15, 0.2) is 48.5 Å². The number of unbranched alkanes of at least 4 members (excludes halogenated alkanes) is 2. The standard InChI is InChI=1S/C23H30F2/c1-3-5-13-22(24)20-11-7-9-18(16-20)15-19-10-8-12-21(17-19)23(25)14-6-4-2/h7-12,16-17,22-23H,3-6,13-15H2,1-2H3. The Labute approximate surface area is 151 Å². The van der Waals surface area contributed by atoms with Crippen molar-refractivity contribution in [1.82, 2.24) is 0 Å². The van der Waals surface area contributed by atoms with Gasteiger partial charge in [-0.05, 0) is 41.5 Å². The predicted molar refractivity (Wildman–Crippen MR) is 102 cm³/mol. The van der Waals surface area contributed by atoms with Gasteiger partial charge in [-0.2, -0.15) is 0 Å². The fraction of sp³-hybridized carbons (Fsp3) is 0.478. The van der Waals surface area contributed by atoms with E-state index in [1.54, 1.807) is 0 Å². The lowest BCUT2D eigenvalue weighted by Gasteiger charge is -2.12. The van der Waals surface area contributed by atoms with Crippen molar-refractivity contribution in [2.45, 2.75) is 71.1 Å². The van der Waals surface area contributed by atoms with Crippen molar-refractivity contribution in [2.75, 3.05) is 0 Å².